The zero-order chi connectivity index (χ0) is 17.4. The predicted octanol–water partition coefficient (Wildman–Crippen LogP) is -5.46. The summed E-state index contributed by atoms with van der Waals surface area (Å²) in [4.78, 5) is 5.53. The Hall–Kier alpha value is -1.24. The van der Waals surface area contributed by atoms with Crippen LogP contribution in [0.25, 0.3) is 0 Å². The van der Waals surface area contributed by atoms with Gasteiger partial charge in [0.2, 0.25) is 0 Å². The summed E-state index contributed by atoms with van der Waals surface area (Å²) in [5.41, 5.74) is 2.11. The minimum Gasteiger partial charge on any atom is -1.00 e. The highest BCUT2D eigenvalue weighted by Crippen LogP contribution is 2.36. The summed E-state index contributed by atoms with van der Waals surface area (Å²) in [6.07, 6.45) is 3.51. The van der Waals surface area contributed by atoms with Crippen LogP contribution in [0.1, 0.15) is 11.1 Å². The van der Waals surface area contributed by atoms with Crippen molar-refractivity contribution in [2.24, 2.45) is 0 Å². The molecule has 0 unspecified atom stereocenters. The molecule has 1 aromatic carbocycles. The van der Waals surface area contributed by atoms with Gasteiger partial charge in [-0.1, -0.05) is 17.7 Å². The average molecular weight is 423 g/mol. The first-order chi connectivity index (χ1) is 11.6. The number of nitrogens with zero attached hydrogens (tertiary/aromatic N) is 1. The predicted molar refractivity (Wildman–Crippen MR) is 94.7 cm³/mol. The molecular formula is C18H26Cl3N3O2. The molecule has 0 aliphatic heterocycles. The first-order valence-electron chi connectivity index (χ1n) is 8.09. The van der Waals surface area contributed by atoms with Crippen LogP contribution in [0.4, 0.5) is 0 Å². The van der Waals surface area contributed by atoms with E-state index in [9.17, 15) is 0 Å². The smallest absolute Gasteiger partial charge is 0.180 e. The molecule has 146 valence electrons. The topological polar surface area (TPSA) is 52.4 Å². The number of quaternary nitrogens is 2. The number of hydrogen-bond acceptors (Lipinski definition) is 3. The summed E-state index contributed by atoms with van der Waals surface area (Å²) in [6, 6.07) is 7.78. The largest absolute Gasteiger partial charge is 1.00 e. The lowest BCUT2D eigenvalue weighted by atomic mass is 10.2. The highest BCUT2D eigenvalue weighted by molar-refractivity contribution is 6.32. The number of aromatic nitrogens is 1. The Balaban J connectivity index is 0.00000312. The van der Waals surface area contributed by atoms with Crippen LogP contribution in [0.15, 0.2) is 36.7 Å². The maximum atomic E-state index is 6.40. The minimum atomic E-state index is 0. The quantitative estimate of drug-likeness (QED) is 0.397. The lowest BCUT2D eigenvalue weighted by Crippen LogP contribution is -3.09. The fourth-order valence-electron chi connectivity index (χ4n) is 2.33. The molecule has 0 atom stereocenters. The zero-order valence-corrected chi connectivity index (χ0v) is 17.5. The van der Waals surface area contributed by atoms with Crippen LogP contribution in [-0.2, 0) is 13.2 Å². The van der Waals surface area contributed by atoms with Crippen LogP contribution in [-0.4, -0.2) is 39.3 Å². The maximum Gasteiger partial charge on any atom is 0.180 e. The van der Waals surface area contributed by atoms with Crippen molar-refractivity contribution < 1.29 is 44.5 Å². The van der Waals surface area contributed by atoms with E-state index in [1.165, 1.54) is 4.90 Å². The van der Waals surface area contributed by atoms with E-state index in [2.05, 4.69) is 24.4 Å². The van der Waals surface area contributed by atoms with E-state index < -0.39 is 0 Å². The second-order valence-corrected chi connectivity index (χ2v) is 6.40. The summed E-state index contributed by atoms with van der Waals surface area (Å²) >= 11 is 6.40. The number of hydrogen-bond donors (Lipinski definition) is 2. The summed E-state index contributed by atoms with van der Waals surface area (Å²) < 4.78 is 11.3. The molecule has 0 saturated heterocycles. The standard InChI is InChI=1S/C18H24ClN3O2.2ClH/c1-22(2)8-7-21-12-15-9-16(19)18(17(10-15)23-3)24-13-14-5-4-6-20-11-14;;/h4-6,9-11,21H,7-8,12-13H2,1-3H3;2*1H. The highest BCUT2D eigenvalue weighted by atomic mass is 35.5. The van der Waals surface area contributed by atoms with Crippen molar-refractivity contribution in [3.05, 3.63) is 52.8 Å². The highest BCUT2D eigenvalue weighted by Gasteiger charge is 2.13. The number of likely N-dealkylation sites (N-methyl/N-ethyl adjacent to an activating group) is 1. The van der Waals surface area contributed by atoms with Crippen LogP contribution in [0.3, 0.4) is 0 Å². The van der Waals surface area contributed by atoms with Crippen molar-refractivity contribution in [3.63, 3.8) is 0 Å². The van der Waals surface area contributed by atoms with Crippen LogP contribution < -0.4 is 44.5 Å². The molecule has 8 heteroatoms. The van der Waals surface area contributed by atoms with Gasteiger partial charge in [-0.15, -0.1) is 0 Å². The Bertz CT molecular complexity index is 643. The van der Waals surface area contributed by atoms with Crippen molar-refractivity contribution in [2.45, 2.75) is 13.2 Å². The molecule has 0 fully saturated rings. The lowest BCUT2D eigenvalue weighted by molar-refractivity contribution is -0.875. The average Bonchev–Trinajstić information content (AvgIpc) is 2.58. The van der Waals surface area contributed by atoms with Crippen molar-refractivity contribution in [1.82, 2.24) is 4.98 Å². The van der Waals surface area contributed by atoms with Crippen LogP contribution >= 0.6 is 11.6 Å². The van der Waals surface area contributed by atoms with E-state index in [1.807, 2.05) is 24.3 Å². The van der Waals surface area contributed by atoms with Crippen LogP contribution in [0.2, 0.25) is 5.02 Å². The molecule has 0 aliphatic carbocycles. The molecule has 0 spiro atoms. The fourth-order valence-corrected chi connectivity index (χ4v) is 2.62. The van der Waals surface area contributed by atoms with Gasteiger partial charge in [-0.3, -0.25) is 4.98 Å². The Morgan fingerprint density at radius 1 is 1.19 bits per heavy atom. The third-order valence-corrected chi connectivity index (χ3v) is 3.90. The van der Waals surface area contributed by atoms with Gasteiger partial charge in [0.05, 0.1) is 26.2 Å². The summed E-state index contributed by atoms with van der Waals surface area (Å²) in [6.45, 7) is 3.46. The number of ether oxygens (including phenoxy) is 2. The Labute approximate surface area is 172 Å². The van der Waals surface area contributed by atoms with Gasteiger partial charge in [0.15, 0.2) is 11.5 Å². The Morgan fingerprint density at radius 2 is 1.96 bits per heavy atom. The third-order valence-electron chi connectivity index (χ3n) is 3.62. The molecule has 2 rings (SSSR count). The number of pyridine rings is 1. The van der Waals surface area contributed by atoms with E-state index >= 15 is 0 Å². The fraction of sp³-hybridized carbons (Fsp3) is 0.389. The van der Waals surface area contributed by atoms with Crippen molar-refractivity contribution in [2.75, 3.05) is 34.3 Å². The van der Waals surface area contributed by atoms with Crippen molar-refractivity contribution in [3.8, 4) is 11.5 Å². The van der Waals surface area contributed by atoms with Gasteiger partial charge in [-0.2, -0.15) is 0 Å². The van der Waals surface area contributed by atoms with E-state index in [0.29, 0.717) is 23.1 Å². The van der Waals surface area contributed by atoms with Gasteiger partial charge in [0, 0.05) is 23.5 Å². The second kappa shape index (κ2) is 13.0. The summed E-state index contributed by atoms with van der Waals surface area (Å²) in [5, 5.41) is 2.84. The first-order valence-corrected chi connectivity index (χ1v) is 8.46. The van der Waals surface area contributed by atoms with Gasteiger partial charge in [-0.25, -0.2) is 0 Å². The van der Waals surface area contributed by atoms with Gasteiger partial charge < -0.3 is 44.5 Å². The molecule has 0 radical (unpaired) electrons. The molecule has 0 saturated carbocycles. The molecule has 3 N–H and O–H groups in total. The Morgan fingerprint density at radius 3 is 2.58 bits per heavy atom. The number of halogens is 3. The number of nitrogens with one attached hydrogen (secondary N) is 1. The van der Waals surface area contributed by atoms with E-state index in [-0.39, 0.29) is 24.8 Å². The van der Waals surface area contributed by atoms with E-state index in [0.717, 1.165) is 30.8 Å². The van der Waals surface area contributed by atoms with Crippen molar-refractivity contribution >= 4 is 11.6 Å². The molecule has 1 aromatic heterocycles. The molecule has 0 aliphatic rings. The first kappa shape index (κ1) is 24.8. The van der Waals surface area contributed by atoms with Gasteiger partial charge in [-0.05, 0) is 18.2 Å². The number of methoxy groups -OCH3 is 1. The minimum absolute atomic E-state index is 0. The van der Waals surface area contributed by atoms with Crippen LogP contribution in [0, 0.1) is 0 Å². The number of benzene rings is 1. The molecule has 0 bridgehead atoms. The summed E-state index contributed by atoms with van der Waals surface area (Å²) in [7, 11) is 5.94. The SMILES string of the molecule is COc1cc(C[NH2+]CC[NH+](C)C)cc(Cl)c1OCc1cccnc1.[Cl-].[Cl-]. The van der Waals surface area contributed by atoms with E-state index in [1.54, 1.807) is 19.5 Å². The van der Waals surface area contributed by atoms with Gasteiger partial charge >= 0.3 is 0 Å². The molecule has 2 aromatic rings. The second-order valence-electron chi connectivity index (χ2n) is 6.00. The lowest BCUT2D eigenvalue weighted by Gasteiger charge is -2.14. The third kappa shape index (κ3) is 7.98. The van der Waals surface area contributed by atoms with Crippen LogP contribution in [0.5, 0.6) is 11.5 Å². The normalized spacial score (nSPS) is 10.0. The Kier molecular flexibility index (Phi) is 12.4. The molecule has 26 heavy (non-hydrogen) atoms. The van der Waals surface area contributed by atoms with Crippen molar-refractivity contribution in [1.29, 1.82) is 0 Å². The number of nitrogens with two attached hydrogens (primary N) is 1. The van der Waals surface area contributed by atoms with Gasteiger partial charge in [0.1, 0.15) is 26.2 Å². The van der Waals surface area contributed by atoms with Gasteiger partial charge in [0.25, 0.3) is 0 Å². The monoisotopic (exact) mass is 421 g/mol. The molecular weight excluding hydrogens is 397 g/mol. The molecule has 1 heterocycles. The molecule has 0 amide bonds. The van der Waals surface area contributed by atoms with E-state index in [4.69, 9.17) is 21.1 Å². The zero-order valence-electron chi connectivity index (χ0n) is 15.3. The maximum absolute atomic E-state index is 6.40. The summed E-state index contributed by atoms with van der Waals surface area (Å²) in [5.74, 6) is 1.23. The number of rotatable bonds is 9. The molecule has 5 nitrogen and oxygen atoms in total.